The Morgan fingerprint density at radius 1 is 1.32 bits per heavy atom. The molecule has 0 aliphatic heterocycles. The minimum Gasteiger partial charge on any atom is -0.461 e. The highest BCUT2D eigenvalue weighted by Crippen LogP contribution is 2.44. The summed E-state index contributed by atoms with van der Waals surface area (Å²) in [7, 11) is 0. The second-order valence-electron chi connectivity index (χ2n) is 4.78. The number of nitrogens with zero attached hydrogens (tertiary/aromatic N) is 1. The van der Waals surface area contributed by atoms with Crippen LogP contribution in [0.1, 0.15) is 59.9 Å². The van der Waals surface area contributed by atoms with Crippen molar-refractivity contribution in [3.63, 3.8) is 0 Å². The summed E-state index contributed by atoms with van der Waals surface area (Å²) < 4.78 is 11.0. The fourth-order valence-corrected chi connectivity index (χ4v) is 3.72. The largest absolute Gasteiger partial charge is 0.461 e. The molecule has 1 heterocycles. The average molecular weight is 283 g/mol. The van der Waals surface area contributed by atoms with Crippen LogP contribution in [0, 0.1) is 6.92 Å². The summed E-state index contributed by atoms with van der Waals surface area (Å²) in [6.07, 6.45) is 4.31. The molecule has 1 saturated carbocycles. The van der Waals surface area contributed by atoms with Crippen LogP contribution in [-0.4, -0.2) is 24.2 Å². The average Bonchev–Trinajstić information content (AvgIpc) is 2.97. The van der Waals surface area contributed by atoms with Gasteiger partial charge >= 0.3 is 5.97 Å². The van der Waals surface area contributed by atoms with Gasteiger partial charge in [-0.1, -0.05) is 12.8 Å². The van der Waals surface area contributed by atoms with Crippen LogP contribution >= 0.6 is 11.3 Å². The standard InChI is InChI=1S/C14H21NO3S/c1-4-17-12(16)11-10(3)19-13(15-11)14(18-5-2)8-6-7-9-14/h4-9H2,1-3H3. The van der Waals surface area contributed by atoms with Gasteiger partial charge in [-0.25, -0.2) is 9.78 Å². The zero-order chi connectivity index (χ0) is 13.9. The van der Waals surface area contributed by atoms with E-state index < -0.39 is 0 Å². The van der Waals surface area contributed by atoms with E-state index in [1.807, 2.05) is 13.8 Å². The summed E-state index contributed by atoms with van der Waals surface area (Å²) in [5.74, 6) is -0.327. The van der Waals surface area contributed by atoms with Crippen LogP contribution in [0.15, 0.2) is 0 Å². The quantitative estimate of drug-likeness (QED) is 0.777. The fourth-order valence-electron chi connectivity index (χ4n) is 2.62. The number of aryl methyl sites for hydroxylation is 1. The molecule has 4 nitrogen and oxygen atoms in total. The monoisotopic (exact) mass is 283 g/mol. The second kappa shape index (κ2) is 6.01. The highest BCUT2D eigenvalue weighted by molar-refractivity contribution is 7.12. The minimum absolute atomic E-state index is 0.269. The van der Waals surface area contributed by atoms with Gasteiger partial charge in [0.2, 0.25) is 0 Å². The first-order valence-corrected chi connectivity index (χ1v) is 7.73. The fraction of sp³-hybridized carbons (Fsp3) is 0.714. The predicted molar refractivity (Wildman–Crippen MR) is 74.6 cm³/mol. The number of rotatable bonds is 5. The summed E-state index contributed by atoms with van der Waals surface area (Å²) >= 11 is 1.57. The summed E-state index contributed by atoms with van der Waals surface area (Å²) in [6, 6.07) is 0. The van der Waals surface area contributed by atoms with Crippen molar-refractivity contribution >= 4 is 17.3 Å². The Morgan fingerprint density at radius 2 is 2.00 bits per heavy atom. The van der Waals surface area contributed by atoms with Crippen molar-refractivity contribution in [2.24, 2.45) is 0 Å². The van der Waals surface area contributed by atoms with Crippen molar-refractivity contribution in [2.45, 2.75) is 52.1 Å². The molecule has 1 aromatic rings. The van der Waals surface area contributed by atoms with E-state index >= 15 is 0 Å². The van der Waals surface area contributed by atoms with E-state index in [2.05, 4.69) is 4.98 Å². The van der Waals surface area contributed by atoms with Crippen LogP contribution in [0.25, 0.3) is 0 Å². The van der Waals surface area contributed by atoms with Gasteiger partial charge < -0.3 is 9.47 Å². The lowest BCUT2D eigenvalue weighted by Crippen LogP contribution is -2.26. The molecule has 0 radical (unpaired) electrons. The van der Waals surface area contributed by atoms with E-state index in [1.54, 1.807) is 18.3 Å². The molecule has 1 fully saturated rings. The Morgan fingerprint density at radius 3 is 2.58 bits per heavy atom. The first-order chi connectivity index (χ1) is 9.13. The number of esters is 1. The van der Waals surface area contributed by atoms with Gasteiger partial charge in [-0.05, 0) is 33.6 Å². The molecule has 0 aromatic carbocycles. The zero-order valence-corrected chi connectivity index (χ0v) is 12.6. The maximum absolute atomic E-state index is 11.8. The van der Waals surface area contributed by atoms with E-state index in [9.17, 15) is 4.79 Å². The first kappa shape index (κ1) is 14.5. The molecule has 1 aliphatic rings. The lowest BCUT2D eigenvalue weighted by atomic mass is 10.0. The summed E-state index contributed by atoms with van der Waals surface area (Å²) in [5.41, 5.74) is 0.183. The Bertz CT molecular complexity index is 450. The molecule has 106 valence electrons. The third kappa shape index (κ3) is 2.82. The Labute approximate surface area is 118 Å². The number of carbonyl (C=O) groups excluding carboxylic acids is 1. The number of ether oxygens (including phenoxy) is 2. The van der Waals surface area contributed by atoms with E-state index in [1.165, 1.54) is 0 Å². The van der Waals surface area contributed by atoms with E-state index in [4.69, 9.17) is 9.47 Å². The smallest absolute Gasteiger partial charge is 0.358 e. The van der Waals surface area contributed by atoms with Gasteiger partial charge in [0.05, 0.1) is 6.61 Å². The van der Waals surface area contributed by atoms with Gasteiger partial charge in [0.25, 0.3) is 0 Å². The predicted octanol–water partition coefficient (Wildman–Crippen LogP) is 3.43. The molecule has 0 atom stereocenters. The van der Waals surface area contributed by atoms with Gasteiger partial charge in [-0.3, -0.25) is 0 Å². The number of thiazole rings is 1. The lowest BCUT2D eigenvalue weighted by molar-refractivity contribution is -0.0392. The molecule has 0 N–H and O–H groups in total. The third-order valence-corrected chi connectivity index (χ3v) is 4.64. The summed E-state index contributed by atoms with van der Waals surface area (Å²) in [4.78, 5) is 17.3. The van der Waals surface area contributed by atoms with Crippen LogP contribution in [0.2, 0.25) is 0 Å². The van der Waals surface area contributed by atoms with Crippen LogP contribution in [-0.2, 0) is 15.1 Å². The van der Waals surface area contributed by atoms with Crippen molar-refractivity contribution < 1.29 is 14.3 Å². The highest BCUT2D eigenvalue weighted by atomic mass is 32.1. The molecular weight excluding hydrogens is 262 g/mol. The topological polar surface area (TPSA) is 48.4 Å². The van der Waals surface area contributed by atoms with Crippen LogP contribution in [0.3, 0.4) is 0 Å². The molecule has 0 spiro atoms. The minimum atomic E-state index is -0.327. The molecule has 0 amide bonds. The lowest BCUT2D eigenvalue weighted by Gasteiger charge is -2.26. The molecule has 2 rings (SSSR count). The highest BCUT2D eigenvalue weighted by Gasteiger charge is 2.40. The van der Waals surface area contributed by atoms with Crippen molar-refractivity contribution in [1.29, 1.82) is 0 Å². The molecular formula is C14H21NO3S. The Hall–Kier alpha value is -0.940. The van der Waals surface area contributed by atoms with Gasteiger partial charge in [-0.2, -0.15) is 0 Å². The van der Waals surface area contributed by atoms with E-state index in [-0.39, 0.29) is 11.6 Å². The van der Waals surface area contributed by atoms with Gasteiger partial charge in [0.1, 0.15) is 10.6 Å². The zero-order valence-electron chi connectivity index (χ0n) is 11.8. The van der Waals surface area contributed by atoms with Crippen LogP contribution < -0.4 is 0 Å². The van der Waals surface area contributed by atoms with E-state index in [0.29, 0.717) is 18.9 Å². The number of hydrogen-bond donors (Lipinski definition) is 0. The van der Waals surface area contributed by atoms with E-state index in [0.717, 1.165) is 35.6 Å². The van der Waals surface area contributed by atoms with Crippen molar-refractivity contribution in [1.82, 2.24) is 4.98 Å². The normalized spacial score (nSPS) is 17.6. The molecule has 0 unspecified atom stereocenters. The van der Waals surface area contributed by atoms with Crippen molar-refractivity contribution in [2.75, 3.05) is 13.2 Å². The summed E-state index contributed by atoms with van der Waals surface area (Å²) in [5, 5.41) is 0.937. The molecule has 0 saturated heterocycles. The van der Waals surface area contributed by atoms with Gasteiger partial charge in [-0.15, -0.1) is 11.3 Å². The molecule has 1 aromatic heterocycles. The first-order valence-electron chi connectivity index (χ1n) is 6.92. The maximum atomic E-state index is 11.8. The molecule has 19 heavy (non-hydrogen) atoms. The SMILES string of the molecule is CCOC(=O)c1nc(C2(OCC)CCCC2)sc1C. The van der Waals surface area contributed by atoms with Gasteiger partial charge in [0, 0.05) is 11.5 Å². The number of aromatic nitrogens is 1. The summed E-state index contributed by atoms with van der Waals surface area (Å²) in [6.45, 7) is 6.78. The van der Waals surface area contributed by atoms with Gasteiger partial charge in [0.15, 0.2) is 5.69 Å². The molecule has 0 bridgehead atoms. The molecule has 1 aliphatic carbocycles. The van der Waals surface area contributed by atoms with Crippen molar-refractivity contribution in [3.05, 3.63) is 15.6 Å². The van der Waals surface area contributed by atoms with Crippen LogP contribution in [0.4, 0.5) is 0 Å². The van der Waals surface area contributed by atoms with Crippen molar-refractivity contribution in [3.8, 4) is 0 Å². The Balaban J connectivity index is 2.29. The second-order valence-corrected chi connectivity index (χ2v) is 5.98. The van der Waals surface area contributed by atoms with Crippen LogP contribution in [0.5, 0.6) is 0 Å². The maximum Gasteiger partial charge on any atom is 0.358 e. The number of hydrogen-bond acceptors (Lipinski definition) is 5. The third-order valence-electron chi connectivity index (χ3n) is 3.49. The Kier molecular flexibility index (Phi) is 4.58. The number of carbonyl (C=O) groups is 1. The molecule has 5 heteroatoms.